The molecule has 6 nitrogen and oxygen atoms in total. The van der Waals surface area contributed by atoms with Gasteiger partial charge in [0.15, 0.2) is 0 Å². The van der Waals surface area contributed by atoms with Gasteiger partial charge in [-0.25, -0.2) is 0 Å². The highest BCUT2D eigenvalue weighted by Crippen LogP contribution is 2.27. The van der Waals surface area contributed by atoms with Crippen LogP contribution in [-0.2, 0) is 16.1 Å². The van der Waals surface area contributed by atoms with Crippen LogP contribution in [-0.4, -0.2) is 41.9 Å². The van der Waals surface area contributed by atoms with E-state index in [-0.39, 0.29) is 11.8 Å². The molecule has 3 N–H and O–H groups in total. The fraction of sp³-hybridized carbons (Fsp3) is 0.290. The molecule has 0 unspecified atom stereocenters. The molecule has 6 heteroatoms. The molecule has 2 atom stereocenters. The first-order valence-corrected chi connectivity index (χ1v) is 12.9. The number of amides is 2. The van der Waals surface area contributed by atoms with Gasteiger partial charge in [-0.15, -0.1) is 0 Å². The van der Waals surface area contributed by atoms with Gasteiger partial charge < -0.3 is 20.7 Å². The van der Waals surface area contributed by atoms with Crippen molar-refractivity contribution in [2.75, 3.05) is 13.2 Å². The van der Waals surface area contributed by atoms with Crippen LogP contribution in [0.25, 0.3) is 16.7 Å². The first-order valence-electron chi connectivity index (χ1n) is 12.9. The molecule has 1 heterocycles. The number of unbranched alkanes of at least 4 members (excludes halogenated alkanes) is 1. The molecule has 1 aliphatic heterocycles. The molecule has 0 spiro atoms. The summed E-state index contributed by atoms with van der Waals surface area (Å²) < 4.78 is 5.52. The maximum atomic E-state index is 13.8. The lowest BCUT2D eigenvalue weighted by Gasteiger charge is -2.40. The molecule has 0 saturated carbocycles. The summed E-state index contributed by atoms with van der Waals surface area (Å²) >= 11 is 0. The van der Waals surface area contributed by atoms with Gasteiger partial charge in [0, 0.05) is 6.54 Å². The number of piperazine rings is 1. The van der Waals surface area contributed by atoms with E-state index in [4.69, 9.17) is 10.5 Å². The fourth-order valence-electron chi connectivity index (χ4n) is 4.68. The van der Waals surface area contributed by atoms with Crippen molar-refractivity contribution in [3.8, 4) is 16.9 Å². The van der Waals surface area contributed by atoms with Gasteiger partial charge in [-0.05, 0) is 72.7 Å². The second-order valence-electron chi connectivity index (χ2n) is 9.25. The van der Waals surface area contributed by atoms with Crippen molar-refractivity contribution in [2.45, 2.75) is 44.8 Å². The summed E-state index contributed by atoms with van der Waals surface area (Å²) in [4.78, 5) is 28.8. The second kappa shape index (κ2) is 12.4. The van der Waals surface area contributed by atoms with E-state index < -0.39 is 12.1 Å². The Balaban J connectivity index is 1.56. The average Bonchev–Trinajstić information content (AvgIpc) is 2.93. The van der Waals surface area contributed by atoms with Gasteiger partial charge >= 0.3 is 0 Å². The van der Waals surface area contributed by atoms with Crippen LogP contribution in [0.15, 0.2) is 85.4 Å². The zero-order valence-electron chi connectivity index (χ0n) is 21.4. The molecule has 0 aromatic heterocycles. The Hall–Kier alpha value is -3.90. The highest BCUT2D eigenvalue weighted by atomic mass is 16.5. The molecular formula is C31H35N3O3. The Morgan fingerprint density at radius 2 is 1.62 bits per heavy atom. The molecule has 0 aliphatic carbocycles. The van der Waals surface area contributed by atoms with Gasteiger partial charge in [-0.2, -0.15) is 0 Å². The summed E-state index contributed by atoms with van der Waals surface area (Å²) in [6.45, 7) is 7.58. The van der Waals surface area contributed by atoms with E-state index in [0.717, 1.165) is 40.8 Å². The quantitative estimate of drug-likeness (QED) is 0.373. The number of carbonyl (C=O) groups is 2. The van der Waals surface area contributed by atoms with Crippen molar-refractivity contribution in [3.63, 3.8) is 0 Å². The zero-order chi connectivity index (χ0) is 26.2. The standard InChI is InChI=1S/C31H35N3O3/c1-3-37-27-18-16-24(17-19-27)22(2)29-31(36)34(28(30(35)33-29)11-7-8-20-32)21-23-12-14-26(15-13-23)25-9-5-4-6-10-25/h4-6,9-10,12-19,28-29H,2-3,7-8,11,20-21,32H2,1H3,(H,33,35)/t28-,29-/m0/s1. The highest BCUT2D eigenvalue weighted by Gasteiger charge is 2.41. The van der Waals surface area contributed by atoms with E-state index in [1.165, 1.54) is 0 Å². The van der Waals surface area contributed by atoms with Crippen molar-refractivity contribution < 1.29 is 14.3 Å². The number of rotatable bonds is 11. The summed E-state index contributed by atoms with van der Waals surface area (Å²) in [5, 5.41) is 2.94. The summed E-state index contributed by atoms with van der Waals surface area (Å²) in [5.74, 6) is 0.441. The average molecular weight is 498 g/mol. The van der Waals surface area contributed by atoms with Crippen LogP contribution < -0.4 is 15.8 Å². The summed E-state index contributed by atoms with van der Waals surface area (Å²) in [5.41, 5.74) is 10.2. The molecule has 2 amide bonds. The van der Waals surface area contributed by atoms with E-state index in [0.29, 0.717) is 31.7 Å². The number of carbonyl (C=O) groups excluding carboxylic acids is 2. The minimum absolute atomic E-state index is 0.150. The van der Waals surface area contributed by atoms with Crippen molar-refractivity contribution in [2.24, 2.45) is 5.73 Å². The van der Waals surface area contributed by atoms with Gasteiger partial charge in [-0.1, -0.05) is 73.3 Å². The van der Waals surface area contributed by atoms with Crippen molar-refractivity contribution >= 4 is 17.4 Å². The lowest BCUT2D eigenvalue weighted by atomic mass is 9.93. The van der Waals surface area contributed by atoms with Gasteiger partial charge in [0.05, 0.1) is 6.61 Å². The largest absolute Gasteiger partial charge is 0.494 e. The predicted octanol–water partition coefficient (Wildman–Crippen LogP) is 4.79. The molecule has 1 fully saturated rings. The zero-order valence-corrected chi connectivity index (χ0v) is 21.4. The smallest absolute Gasteiger partial charge is 0.250 e. The minimum Gasteiger partial charge on any atom is -0.494 e. The van der Waals surface area contributed by atoms with Crippen LogP contribution in [0.1, 0.15) is 37.3 Å². The number of hydrogen-bond acceptors (Lipinski definition) is 4. The Morgan fingerprint density at radius 1 is 0.946 bits per heavy atom. The molecular weight excluding hydrogens is 462 g/mol. The molecule has 1 saturated heterocycles. The molecule has 0 bridgehead atoms. The summed E-state index contributed by atoms with van der Waals surface area (Å²) in [6.07, 6.45) is 2.15. The number of nitrogens with one attached hydrogen (secondary N) is 1. The van der Waals surface area contributed by atoms with E-state index >= 15 is 0 Å². The highest BCUT2D eigenvalue weighted by molar-refractivity contribution is 6.04. The maximum absolute atomic E-state index is 13.8. The third-order valence-corrected chi connectivity index (χ3v) is 6.73. The SMILES string of the molecule is C=C(c1ccc(OCC)cc1)[C@@H]1NC(=O)[C@H](CCCCN)N(Cc2ccc(-c3ccccc3)cc2)C1=O. The third kappa shape index (κ3) is 6.27. The van der Waals surface area contributed by atoms with E-state index in [9.17, 15) is 9.59 Å². The van der Waals surface area contributed by atoms with Crippen molar-refractivity contribution in [1.29, 1.82) is 0 Å². The van der Waals surface area contributed by atoms with Crippen LogP contribution in [0, 0.1) is 0 Å². The van der Waals surface area contributed by atoms with Crippen LogP contribution >= 0.6 is 0 Å². The first kappa shape index (κ1) is 26.2. The molecule has 4 rings (SSSR count). The number of nitrogens with two attached hydrogens (primary N) is 1. The molecule has 3 aromatic rings. The summed E-state index contributed by atoms with van der Waals surface area (Å²) in [6, 6.07) is 24.4. The van der Waals surface area contributed by atoms with Gasteiger partial charge in [0.2, 0.25) is 5.91 Å². The first-order chi connectivity index (χ1) is 18.0. The van der Waals surface area contributed by atoms with Gasteiger partial charge in [0.1, 0.15) is 17.8 Å². The fourth-order valence-corrected chi connectivity index (χ4v) is 4.68. The van der Waals surface area contributed by atoms with Gasteiger partial charge in [-0.3, -0.25) is 9.59 Å². The molecule has 0 radical (unpaired) electrons. The minimum atomic E-state index is -0.820. The number of ether oxygens (including phenoxy) is 1. The lowest BCUT2D eigenvalue weighted by Crippen LogP contribution is -2.63. The van der Waals surface area contributed by atoms with E-state index in [1.54, 1.807) is 4.90 Å². The molecule has 37 heavy (non-hydrogen) atoms. The molecule has 192 valence electrons. The number of nitrogens with zero attached hydrogens (tertiary/aromatic N) is 1. The van der Waals surface area contributed by atoms with Crippen LogP contribution in [0.5, 0.6) is 5.75 Å². The van der Waals surface area contributed by atoms with Crippen LogP contribution in [0.2, 0.25) is 0 Å². The lowest BCUT2D eigenvalue weighted by molar-refractivity contribution is -0.148. The Kier molecular flexibility index (Phi) is 8.75. The number of hydrogen-bond donors (Lipinski definition) is 2. The second-order valence-corrected chi connectivity index (χ2v) is 9.25. The Labute approximate surface area is 219 Å². The topological polar surface area (TPSA) is 84.7 Å². The van der Waals surface area contributed by atoms with Crippen LogP contribution in [0.4, 0.5) is 0 Å². The van der Waals surface area contributed by atoms with Crippen molar-refractivity contribution in [3.05, 3.63) is 96.6 Å². The molecule has 3 aromatic carbocycles. The van der Waals surface area contributed by atoms with Gasteiger partial charge in [0.25, 0.3) is 5.91 Å². The normalized spacial score (nSPS) is 17.4. The van der Waals surface area contributed by atoms with Crippen LogP contribution in [0.3, 0.4) is 0 Å². The maximum Gasteiger partial charge on any atom is 0.250 e. The van der Waals surface area contributed by atoms with E-state index in [2.05, 4.69) is 36.2 Å². The summed E-state index contributed by atoms with van der Waals surface area (Å²) in [7, 11) is 0. The monoisotopic (exact) mass is 497 g/mol. The van der Waals surface area contributed by atoms with E-state index in [1.807, 2.05) is 61.5 Å². The number of benzene rings is 3. The Bertz CT molecular complexity index is 1210. The third-order valence-electron chi connectivity index (χ3n) is 6.73. The van der Waals surface area contributed by atoms with Crippen molar-refractivity contribution in [1.82, 2.24) is 10.2 Å². The predicted molar refractivity (Wildman–Crippen MR) is 148 cm³/mol. The molecule has 1 aliphatic rings. The Morgan fingerprint density at radius 3 is 2.27 bits per heavy atom.